The van der Waals surface area contributed by atoms with E-state index in [9.17, 15) is 4.39 Å². The Bertz CT molecular complexity index is 299. The summed E-state index contributed by atoms with van der Waals surface area (Å²) in [6, 6.07) is 5.35. The first kappa shape index (κ1) is 11.0. The van der Waals surface area contributed by atoms with Gasteiger partial charge in [0.15, 0.2) is 0 Å². The summed E-state index contributed by atoms with van der Waals surface area (Å²) in [6.45, 7) is 3.51. The van der Waals surface area contributed by atoms with Crippen molar-refractivity contribution in [2.75, 3.05) is 25.5 Å². The van der Waals surface area contributed by atoms with Crippen LogP contribution in [0.25, 0.3) is 0 Å². The quantitative estimate of drug-likeness (QED) is 0.792. The van der Waals surface area contributed by atoms with Gasteiger partial charge in [-0.3, -0.25) is 0 Å². The molecule has 2 nitrogen and oxygen atoms in total. The molecule has 0 amide bonds. The minimum atomic E-state index is -0.151. The van der Waals surface area contributed by atoms with Crippen molar-refractivity contribution in [2.45, 2.75) is 13.5 Å². The monoisotopic (exact) mass is 196 g/mol. The van der Waals surface area contributed by atoms with Crippen molar-refractivity contribution < 1.29 is 4.39 Å². The van der Waals surface area contributed by atoms with Crippen LogP contribution in [0.1, 0.15) is 12.5 Å². The largest absolute Gasteiger partial charge is 0.373 e. The lowest BCUT2D eigenvalue weighted by atomic mass is 10.2. The Kier molecular flexibility index (Phi) is 3.89. The molecule has 0 aromatic heterocycles. The second-order valence-corrected chi connectivity index (χ2v) is 3.33. The predicted molar refractivity (Wildman–Crippen MR) is 58.1 cm³/mol. The third-order valence-corrected chi connectivity index (χ3v) is 2.28. The maximum Gasteiger partial charge on any atom is 0.146 e. The van der Waals surface area contributed by atoms with Crippen molar-refractivity contribution in [1.82, 2.24) is 5.32 Å². The molecule has 0 unspecified atom stereocenters. The van der Waals surface area contributed by atoms with Gasteiger partial charge in [0.05, 0.1) is 5.69 Å². The van der Waals surface area contributed by atoms with Gasteiger partial charge in [-0.2, -0.15) is 0 Å². The van der Waals surface area contributed by atoms with Crippen molar-refractivity contribution in [1.29, 1.82) is 0 Å². The first-order valence-electron chi connectivity index (χ1n) is 4.83. The van der Waals surface area contributed by atoms with Crippen LogP contribution in [0.5, 0.6) is 0 Å². The number of nitrogens with zero attached hydrogens (tertiary/aromatic N) is 1. The molecule has 0 saturated carbocycles. The van der Waals surface area contributed by atoms with Gasteiger partial charge in [-0.1, -0.05) is 6.07 Å². The molecule has 1 aromatic rings. The van der Waals surface area contributed by atoms with Crippen molar-refractivity contribution in [3.63, 3.8) is 0 Å². The molecule has 0 atom stereocenters. The molecular formula is C11H17FN2. The average molecular weight is 196 g/mol. The van der Waals surface area contributed by atoms with Crippen LogP contribution >= 0.6 is 0 Å². The first-order valence-corrected chi connectivity index (χ1v) is 4.83. The van der Waals surface area contributed by atoms with Crippen LogP contribution in [0, 0.1) is 5.82 Å². The molecule has 3 heteroatoms. The van der Waals surface area contributed by atoms with Gasteiger partial charge in [0, 0.05) is 20.1 Å². The fourth-order valence-corrected chi connectivity index (χ4v) is 1.34. The summed E-state index contributed by atoms with van der Waals surface area (Å²) < 4.78 is 13.5. The molecule has 0 heterocycles. The number of hydrogen-bond donors (Lipinski definition) is 1. The molecule has 1 N–H and O–H groups in total. The van der Waals surface area contributed by atoms with E-state index in [2.05, 4.69) is 5.32 Å². The Morgan fingerprint density at radius 1 is 1.43 bits per heavy atom. The highest BCUT2D eigenvalue weighted by molar-refractivity contribution is 5.48. The molecule has 0 aliphatic carbocycles. The van der Waals surface area contributed by atoms with Crippen LogP contribution in [0.15, 0.2) is 18.2 Å². The summed E-state index contributed by atoms with van der Waals surface area (Å²) in [5.41, 5.74) is 1.63. The van der Waals surface area contributed by atoms with E-state index < -0.39 is 0 Å². The molecule has 1 rings (SSSR count). The highest BCUT2D eigenvalue weighted by atomic mass is 19.1. The van der Waals surface area contributed by atoms with Crippen molar-refractivity contribution in [3.05, 3.63) is 29.6 Å². The molecule has 0 radical (unpaired) electrons. The average Bonchev–Trinajstić information content (AvgIpc) is 2.17. The van der Waals surface area contributed by atoms with E-state index in [1.54, 1.807) is 6.07 Å². The maximum atomic E-state index is 13.5. The van der Waals surface area contributed by atoms with Crippen LogP contribution in [-0.4, -0.2) is 20.6 Å². The van der Waals surface area contributed by atoms with Crippen LogP contribution in [0.2, 0.25) is 0 Å². The van der Waals surface area contributed by atoms with Crippen LogP contribution in [-0.2, 0) is 6.54 Å². The van der Waals surface area contributed by atoms with Gasteiger partial charge < -0.3 is 10.2 Å². The summed E-state index contributed by atoms with van der Waals surface area (Å²) >= 11 is 0. The number of nitrogens with one attached hydrogen (secondary N) is 1. The van der Waals surface area contributed by atoms with Crippen LogP contribution in [0.4, 0.5) is 10.1 Å². The van der Waals surface area contributed by atoms with E-state index in [1.807, 2.05) is 38.1 Å². The van der Waals surface area contributed by atoms with E-state index in [-0.39, 0.29) is 5.82 Å². The fourth-order valence-electron chi connectivity index (χ4n) is 1.34. The lowest BCUT2D eigenvalue weighted by Gasteiger charge is -2.17. The number of anilines is 1. The van der Waals surface area contributed by atoms with Gasteiger partial charge in [-0.15, -0.1) is 0 Å². The Morgan fingerprint density at radius 3 is 2.64 bits per heavy atom. The minimum absolute atomic E-state index is 0.151. The second kappa shape index (κ2) is 4.96. The second-order valence-electron chi connectivity index (χ2n) is 3.33. The van der Waals surface area contributed by atoms with E-state index in [4.69, 9.17) is 0 Å². The van der Waals surface area contributed by atoms with Gasteiger partial charge in [-0.05, 0) is 31.7 Å². The first-order chi connectivity index (χ1) is 6.69. The SMILES string of the molecule is CCN(C)c1ccc(CNC)cc1F. The number of hydrogen-bond acceptors (Lipinski definition) is 2. The molecule has 0 aliphatic heterocycles. The summed E-state index contributed by atoms with van der Waals surface area (Å²) in [7, 11) is 3.74. The highest BCUT2D eigenvalue weighted by Gasteiger charge is 2.06. The number of halogens is 1. The third kappa shape index (κ3) is 2.45. The van der Waals surface area contributed by atoms with Gasteiger partial charge in [0.1, 0.15) is 5.82 Å². The van der Waals surface area contributed by atoms with Gasteiger partial charge in [0.25, 0.3) is 0 Å². The lowest BCUT2D eigenvalue weighted by Crippen LogP contribution is -2.17. The topological polar surface area (TPSA) is 15.3 Å². The smallest absolute Gasteiger partial charge is 0.146 e. The maximum absolute atomic E-state index is 13.5. The zero-order chi connectivity index (χ0) is 10.6. The third-order valence-electron chi connectivity index (χ3n) is 2.28. The zero-order valence-electron chi connectivity index (χ0n) is 8.97. The molecule has 0 spiro atoms. The van der Waals surface area contributed by atoms with Gasteiger partial charge >= 0.3 is 0 Å². The normalized spacial score (nSPS) is 10.3. The Balaban J connectivity index is 2.89. The number of rotatable bonds is 4. The Hall–Kier alpha value is -1.09. The molecule has 14 heavy (non-hydrogen) atoms. The zero-order valence-corrected chi connectivity index (χ0v) is 8.97. The fraction of sp³-hybridized carbons (Fsp3) is 0.455. The minimum Gasteiger partial charge on any atom is -0.373 e. The lowest BCUT2D eigenvalue weighted by molar-refractivity contribution is 0.620. The predicted octanol–water partition coefficient (Wildman–Crippen LogP) is 2.00. The van der Waals surface area contributed by atoms with Crippen molar-refractivity contribution in [3.8, 4) is 0 Å². The molecular weight excluding hydrogens is 179 g/mol. The molecule has 1 aromatic carbocycles. The summed E-state index contributed by atoms with van der Waals surface area (Å²) in [6.07, 6.45) is 0. The molecule has 78 valence electrons. The van der Waals surface area contributed by atoms with E-state index in [1.165, 1.54) is 0 Å². The summed E-state index contributed by atoms with van der Waals surface area (Å²) in [4.78, 5) is 1.89. The van der Waals surface area contributed by atoms with Crippen molar-refractivity contribution >= 4 is 5.69 Å². The molecule has 0 saturated heterocycles. The Labute approximate surface area is 84.7 Å². The highest BCUT2D eigenvalue weighted by Crippen LogP contribution is 2.18. The summed E-state index contributed by atoms with van der Waals surface area (Å²) in [5, 5.41) is 2.99. The molecule has 0 aliphatic rings. The summed E-state index contributed by atoms with van der Waals surface area (Å²) in [5.74, 6) is -0.151. The Morgan fingerprint density at radius 2 is 2.14 bits per heavy atom. The van der Waals surface area contributed by atoms with Crippen molar-refractivity contribution in [2.24, 2.45) is 0 Å². The van der Waals surface area contributed by atoms with Gasteiger partial charge in [-0.25, -0.2) is 4.39 Å². The molecule has 0 fully saturated rings. The standard InChI is InChI=1S/C11H17FN2/c1-4-14(3)11-6-5-9(8-13-2)7-10(11)12/h5-7,13H,4,8H2,1-3H3. The van der Waals surface area contributed by atoms with Crippen LogP contribution in [0.3, 0.4) is 0 Å². The van der Waals surface area contributed by atoms with E-state index >= 15 is 0 Å². The van der Waals surface area contributed by atoms with E-state index in [0.717, 1.165) is 12.1 Å². The van der Waals surface area contributed by atoms with Crippen LogP contribution < -0.4 is 10.2 Å². The van der Waals surface area contributed by atoms with Gasteiger partial charge in [0.2, 0.25) is 0 Å². The molecule has 0 bridgehead atoms. The number of benzene rings is 1. The van der Waals surface area contributed by atoms with E-state index in [0.29, 0.717) is 12.2 Å².